The molecule has 1 aliphatic heterocycles. The van der Waals surface area contributed by atoms with Crippen molar-refractivity contribution in [3.05, 3.63) is 18.0 Å². The molecule has 1 saturated heterocycles. The highest BCUT2D eigenvalue weighted by Crippen LogP contribution is 2.35. The first-order valence-corrected chi connectivity index (χ1v) is 7.10. The van der Waals surface area contributed by atoms with Gasteiger partial charge in [0.15, 0.2) is 0 Å². The molecule has 0 saturated carbocycles. The highest BCUT2D eigenvalue weighted by atomic mass is 16.1. The molecule has 2 heterocycles. The van der Waals surface area contributed by atoms with Gasteiger partial charge in [-0.3, -0.25) is 9.48 Å². The Kier molecular flexibility index (Phi) is 4.24. The van der Waals surface area contributed by atoms with Crippen LogP contribution < -0.4 is 11.1 Å². The number of primary amides is 1. The summed E-state index contributed by atoms with van der Waals surface area (Å²) in [5.41, 5.74) is 6.66. The standard InChI is InChI=1S/C14H24N4O/c1-4-5-18-8-11(7-16-18)13-12(14(15)19)9(2)6-10(3)17-13/h7-10,12-13,17H,4-6H2,1-3H3,(H2,15,19). The number of carbonyl (C=O) groups excluding carboxylic acids is 1. The molecule has 1 aromatic rings. The second-order valence-corrected chi connectivity index (χ2v) is 5.72. The highest BCUT2D eigenvalue weighted by Gasteiger charge is 2.38. The first-order chi connectivity index (χ1) is 9.02. The Bertz CT molecular complexity index is 442. The summed E-state index contributed by atoms with van der Waals surface area (Å²) in [6, 6.07) is 0.381. The fourth-order valence-electron chi connectivity index (χ4n) is 3.15. The molecule has 1 fully saturated rings. The van der Waals surface area contributed by atoms with Crippen LogP contribution in [0.5, 0.6) is 0 Å². The highest BCUT2D eigenvalue weighted by molar-refractivity contribution is 5.78. The van der Waals surface area contributed by atoms with Crippen LogP contribution in [0, 0.1) is 11.8 Å². The quantitative estimate of drug-likeness (QED) is 0.864. The van der Waals surface area contributed by atoms with Crippen molar-refractivity contribution in [2.24, 2.45) is 17.6 Å². The number of nitrogens with one attached hydrogen (secondary N) is 1. The third-order valence-electron chi connectivity index (χ3n) is 3.96. The maximum Gasteiger partial charge on any atom is 0.222 e. The molecule has 1 aromatic heterocycles. The Morgan fingerprint density at radius 1 is 1.58 bits per heavy atom. The smallest absolute Gasteiger partial charge is 0.222 e. The van der Waals surface area contributed by atoms with E-state index in [0.717, 1.165) is 24.9 Å². The lowest BCUT2D eigenvalue weighted by Gasteiger charge is -2.38. The fraction of sp³-hybridized carbons (Fsp3) is 0.714. The zero-order valence-electron chi connectivity index (χ0n) is 12.0. The van der Waals surface area contributed by atoms with Gasteiger partial charge in [0.1, 0.15) is 0 Å². The SMILES string of the molecule is CCCn1cc(C2NC(C)CC(C)C2C(N)=O)cn1. The maximum atomic E-state index is 11.7. The number of carbonyl (C=O) groups is 1. The van der Waals surface area contributed by atoms with Crippen LogP contribution in [-0.4, -0.2) is 21.7 Å². The zero-order chi connectivity index (χ0) is 14.0. The molecule has 2 rings (SSSR count). The van der Waals surface area contributed by atoms with Crippen LogP contribution in [0.2, 0.25) is 0 Å². The molecule has 0 aliphatic carbocycles. The van der Waals surface area contributed by atoms with E-state index in [1.54, 1.807) is 0 Å². The van der Waals surface area contributed by atoms with Gasteiger partial charge in [-0.25, -0.2) is 0 Å². The predicted molar refractivity (Wildman–Crippen MR) is 74.3 cm³/mol. The lowest BCUT2D eigenvalue weighted by Crippen LogP contribution is -2.48. The van der Waals surface area contributed by atoms with Crippen LogP contribution in [0.15, 0.2) is 12.4 Å². The lowest BCUT2D eigenvalue weighted by molar-refractivity contribution is -0.125. The Labute approximate surface area is 114 Å². The number of nitrogens with zero attached hydrogens (tertiary/aromatic N) is 2. The van der Waals surface area contributed by atoms with Gasteiger partial charge in [-0.2, -0.15) is 5.10 Å². The van der Waals surface area contributed by atoms with E-state index in [0.29, 0.717) is 12.0 Å². The molecule has 0 aromatic carbocycles. The Morgan fingerprint density at radius 3 is 2.95 bits per heavy atom. The topological polar surface area (TPSA) is 72.9 Å². The van der Waals surface area contributed by atoms with Gasteiger partial charge in [0.25, 0.3) is 0 Å². The van der Waals surface area contributed by atoms with Gasteiger partial charge < -0.3 is 11.1 Å². The summed E-state index contributed by atoms with van der Waals surface area (Å²) in [5.74, 6) is -0.0797. The normalized spacial score (nSPS) is 31.3. The summed E-state index contributed by atoms with van der Waals surface area (Å²) in [5, 5.41) is 7.85. The van der Waals surface area contributed by atoms with E-state index in [2.05, 4.69) is 31.2 Å². The van der Waals surface area contributed by atoms with E-state index in [9.17, 15) is 4.79 Å². The molecule has 4 atom stereocenters. The van der Waals surface area contributed by atoms with Crippen molar-refractivity contribution >= 4 is 5.91 Å². The van der Waals surface area contributed by atoms with Crippen molar-refractivity contribution in [1.29, 1.82) is 0 Å². The molecular weight excluding hydrogens is 240 g/mol. The van der Waals surface area contributed by atoms with Crippen molar-refractivity contribution in [3.63, 3.8) is 0 Å². The minimum atomic E-state index is -0.222. The average molecular weight is 264 g/mol. The van der Waals surface area contributed by atoms with Crippen molar-refractivity contribution in [2.75, 3.05) is 0 Å². The molecule has 19 heavy (non-hydrogen) atoms. The van der Waals surface area contributed by atoms with Gasteiger partial charge in [0, 0.05) is 30.4 Å². The van der Waals surface area contributed by atoms with Crippen molar-refractivity contribution < 1.29 is 4.79 Å². The number of amides is 1. The van der Waals surface area contributed by atoms with E-state index < -0.39 is 0 Å². The summed E-state index contributed by atoms with van der Waals surface area (Å²) in [7, 11) is 0. The molecule has 5 nitrogen and oxygen atoms in total. The summed E-state index contributed by atoms with van der Waals surface area (Å²) in [6.07, 6.45) is 5.91. The largest absolute Gasteiger partial charge is 0.369 e. The molecule has 106 valence electrons. The van der Waals surface area contributed by atoms with Gasteiger partial charge in [-0.15, -0.1) is 0 Å². The van der Waals surface area contributed by atoms with Gasteiger partial charge in [0.2, 0.25) is 5.91 Å². The lowest BCUT2D eigenvalue weighted by atomic mass is 9.77. The van der Waals surface area contributed by atoms with E-state index in [-0.39, 0.29) is 17.9 Å². The second kappa shape index (κ2) is 5.74. The van der Waals surface area contributed by atoms with Gasteiger partial charge in [-0.05, 0) is 25.7 Å². The van der Waals surface area contributed by atoms with Crippen LogP contribution in [0.4, 0.5) is 0 Å². The Balaban J connectivity index is 2.24. The number of nitrogens with two attached hydrogens (primary N) is 1. The second-order valence-electron chi connectivity index (χ2n) is 5.72. The summed E-state index contributed by atoms with van der Waals surface area (Å²) < 4.78 is 1.93. The van der Waals surface area contributed by atoms with E-state index in [4.69, 9.17) is 5.73 Å². The minimum Gasteiger partial charge on any atom is -0.369 e. The number of aryl methyl sites for hydroxylation is 1. The van der Waals surface area contributed by atoms with E-state index in [1.165, 1.54) is 0 Å². The third kappa shape index (κ3) is 2.97. The molecule has 0 bridgehead atoms. The first kappa shape index (κ1) is 14.1. The van der Waals surface area contributed by atoms with E-state index in [1.807, 2.05) is 17.1 Å². The van der Waals surface area contributed by atoms with Crippen molar-refractivity contribution in [3.8, 4) is 0 Å². The number of aromatic nitrogens is 2. The van der Waals surface area contributed by atoms with Gasteiger partial charge >= 0.3 is 0 Å². The molecule has 5 heteroatoms. The number of hydrogen-bond acceptors (Lipinski definition) is 3. The van der Waals surface area contributed by atoms with Crippen LogP contribution in [0.25, 0.3) is 0 Å². The van der Waals surface area contributed by atoms with E-state index >= 15 is 0 Å². The zero-order valence-corrected chi connectivity index (χ0v) is 12.0. The molecule has 3 N–H and O–H groups in total. The summed E-state index contributed by atoms with van der Waals surface area (Å²) in [6.45, 7) is 7.28. The molecule has 0 radical (unpaired) electrons. The van der Waals surface area contributed by atoms with Crippen LogP contribution in [-0.2, 0) is 11.3 Å². The molecular formula is C14H24N4O. The van der Waals surface area contributed by atoms with Crippen molar-refractivity contribution in [2.45, 2.75) is 52.2 Å². The number of piperidine rings is 1. The number of rotatable bonds is 4. The molecule has 1 aliphatic rings. The maximum absolute atomic E-state index is 11.7. The van der Waals surface area contributed by atoms with Gasteiger partial charge in [-0.1, -0.05) is 13.8 Å². The average Bonchev–Trinajstić information content (AvgIpc) is 2.76. The summed E-state index contributed by atoms with van der Waals surface area (Å²) in [4.78, 5) is 11.7. The van der Waals surface area contributed by atoms with Crippen molar-refractivity contribution in [1.82, 2.24) is 15.1 Å². The molecule has 0 spiro atoms. The van der Waals surface area contributed by atoms with Gasteiger partial charge in [0.05, 0.1) is 12.1 Å². The summed E-state index contributed by atoms with van der Waals surface area (Å²) >= 11 is 0. The molecule has 1 amide bonds. The molecule has 4 unspecified atom stereocenters. The first-order valence-electron chi connectivity index (χ1n) is 7.10. The van der Waals surface area contributed by atoms with Crippen LogP contribution in [0.3, 0.4) is 0 Å². The predicted octanol–water partition coefficient (Wildman–Crippen LogP) is 1.45. The van der Waals surface area contributed by atoms with Crippen LogP contribution in [0.1, 0.15) is 45.2 Å². The monoisotopic (exact) mass is 264 g/mol. The third-order valence-corrected chi connectivity index (χ3v) is 3.96. The minimum absolute atomic E-state index is 0.0122. The number of hydrogen-bond donors (Lipinski definition) is 2. The Morgan fingerprint density at radius 2 is 2.32 bits per heavy atom. The van der Waals surface area contributed by atoms with Crippen LogP contribution >= 0.6 is 0 Å². The fourth-order valence-corrected chi connectivity index (χ4v) is 3.15. The Hall–Kier alpha value is -1.36.